The van der Waals surface area contributed by atoms with E-state index < -0.39 is 5.97 Å². The second-order valence-corrected chi connectivity index (χ2v) is 7.11. The summed E-state index contributed by atoms with van der Waals surface area (Å²) in [6.07, 6.45) is 1.12. The van der Waals surface area contributed by atoms with Crippen LogP contribution in [-0.4, -0.2) is 41.5 Å². The third-order valence-corrected chi connectivity index (χ3v) is 4.56. The lowest BCUT2D eigenvalue weighted by Crippen LogP contribution is -2.44. The van der Waals surface area contributed by atoms with Crippen molar-refractivity contribution in [3.63, 3.8) is 0 Å². The fraction of sp³-hybridized carbons (Fsp3) is 0.450. The highest BCUT2D eigenvalue weighted by atomic mass is 16.5. The number of piperidine rings is 1. The minimum atomic E-state index is -0.639. The number of ether oxygens (including phenoxy) is 1. The first-order valence-electron chi connectivity index (χ1n) is 8.91. The molecule has 1 aliphatic heterocycles. The van der Waals surface area contributed by atoms with Gasteiger partial charge in [0.1, 0.15) is 5.76 Å². The maximum Gasteiger partial charge on any atom is 0.361 e. The van der Waals surface area contributed by atoms with Gasteiger partial charge in [0.05, 0.1) is 0 Å². The summed E-state index contributed by atoms with van der Waals surface area (Å²) in [4.78, 5) is 30.7. The number of carbonyl (C=O) groups is 2. The molecule has 0 aliphatic carbocycles. The fourth-order valence-corrected chi connectivity index (χ4v) is 3.44. The van der Waals surface area contributed by atoms with E-state index in [0.717, 1.165) is 12.0 Å². The molecule has 1 saturated heterocycles. The Kier molecular flexibility index (Phi) is 5.40. The standard InChI is InChI=1S/C20H24N2O4/c1-13-9-14(2)11-22(10-13)17(23)12-25-20(24)18-15(3)26-19(21-18)16-7-5-4-6-8-16/h4-8,13-14H,9-12H2,1-3H3/t13-,14+. The van der Waals surface area contributed by atoms with E-state index in [1.807, 2.05) is 30.3 Å². The molecule has 0 radical (unpaired) electrons. The molecule has 0 spiro atoms. The molecular weight excluding hydrogens is 332 g/mol. The van der Waals surface area contributed by atoms with Crippen molar-refractivity contribution in [1.29, 1.82) is 0 Å². The van der Waals surface area contributed by atoms with Crippen LogP contribution in [0, 0.1) is 18.8 Å². The van der Waals surface area contributed by atoms with Crippen LogP contribution in [0.1, 0.15) is 36.5 Å². The van der Waals surface area contributed by atoms with Gasteiger partial charge >= 0.3 is 5.97 Å². The number of carbonyl (C=O) groups excluding carboxylic acids is 2. The smallest absolute Gasteiger partial charge is 0.361 e. The molecule has 3 rings (SSSR count). The van der Waals surface area contributed by atoms with Crippen LogP contribution < -0.4 is 0 Å². The summed E-state index contributed by atoms with van der Waals surface area (Å²) in [5, 5.41) is 0. The lowest BCUT2D eigenvalue weighted by Gasteiger charge is -2.34. The first-order chi connectivity index (χ1) is 12.4. The molecule has 1 aromatic carbocycles. The van der Waals surface area contributed by atoms with Crippen LogP contribution >= 0.6 is 0 Å². The molecule has 1 aromatic heterocycles. The number of amides is 1. The lowest BCUT2D eigenvalue weighted by molar-refractivity contribution is -0.137. The highest BCUT2D eigenvalue weighted by molar-refractivity contribution is 5.91. The van der Waals surface area contributed by atoms with E-state index in [1.165, 1.54) is 0 Å². The van der Waals surface area contributed by atoms with Crippen LogP contribution in [0.2, 0.25) is 0 Å². The van der Waals surface area contributed by atoms with Crippen molar-refractivity contribution in [2.24, 2.45) is 11.8 Å². The van der Waals surface area contributed by atoms with E-state index in [-0.39, 0.29) is 18.2 Å². The SMILES string of the molecule is Cc1oc(-c2ccccc2)nc1C(=O)OCC(=O)N1C[C@H](C)C[C@H](C)C1. The monoisotopic (exact) mass is 356 g/mol. The van der Waals surface area contributed by atoms with Crippen LogP contribution in [0.25, 0.3) is 11.5 Å². The highest BCUT2D eigenvalue weighted by Gasteiger charge is 2.27. The van der Waals surface area contributed by atoms with Crippen LogP contribution in [0.4, 0.5) is 0 Å². The molecule has 2 atom stereocenters. The molecule has 6 nitrogen and oxygen atoms in total. The number of nitrogens with zero attached hydrogens (tertiary/aromatic N) is 2. The van der Waals surface area contributed by atoms with Crippen molar-refractivity contribution in [2.45, 2.75) is 27.2 Å². The van der Waals surface area contributed by atoms with Gasteiger partial charge in [0, 0.05) is 18.7 Å². The predicted molar refractivity (Wildman–Crippen MR) is 96.5 cm³/mol. The number of likely N-dealkylation sites (tertiary alicyclic amines) is 1. The Morgan fingerprint density at radius 2 is 1.85 bits per heavy atom. The molecule has 0 N–H and O–H groups in total. The Hall–Kier alpha value is -2.63. The van der Waals surface area contributed by atoms with Crippen molar-refractivity contribution in [3.05, 3.63) is 41.8 Å². The number of esters is 1. The van der Waals surface area contributed by atoms with Gasteiger partial charge in [0.25, 0.3) is 5.91 Å². The Balaban J connectivity index is 1.62. The predicted octanol–water partition coefficient (Wildman–Crippen LogP) is 3.31. The molecule has 6 heteroatoms. The number of oxazole rings is 1. The number of rotatable bonds is 4. The molecule has 0 unspecified atom stereocenters. The Bertz CT molecular complexity index is 774. The van der Waals surface area contributed by atoms with Crippen LogP contribution in [0.15, 0.2) is 34.7 Å². The maximum absolute atomic E-state index is 12.3. The van der Waals surface area contributed by atoms with E-state index in [2.05, 4.69) is 18.8 Å². The lowest BCUT2D eigenvalue weighted by atomic mass is 9.92. The zero-order valence-corrected chi connectivity index (χ0v) is 15.4. The van der Waals surface area contributed by atoms with E-state index in [9.17, 15) is 9.59 Å². The normalized spacial score (nSPS) is 20.0. The van der Waals surface area contributed by atoms with Crippen molar-refractivity contribution in [1.82, 2.24) is 9.88 Å². The van der Waals surface area contributed by atoms with Crippen LogP contribution in [-0.2, 0) is 9.53 Å². The average Bonchev–Trinajstić information content (AvgIpc) is 3.01. The number of hydrogen-bond donors (Lipinski definition) is 0. The van der Waals surface area contributed by atoms with Crippen molar-refractivity contribution in [2.75, 3.05) is 19.7 Å². The number of hydrogen-bond acceptors (Lipinski definition) is 5. The number of aromatic nitrogens is 1. The molecule has 138 valence electrons. The summed E-state index contributed by atoms with van der Waals surface area (Å²) in [5.74, 6) is 0.858. The zero-order valence-electron chi connectivity index (χ0n) is 15.4. The quantitative estimate of drug-likeness (QED) is 0.786. The van der Waals surface area contributed by atoms with Crippen molar-refractivity contribution >= 4 is 11.9 Å². The molecule has 0 bridgehead atoms. The van der Waals surface area contributed by atoms with E-state index in [4.69, 9.17) is 9.15 Å². The Morgan fingerprint density at radius 3 is 2.50 bits per heavy atom. The largest absolute Gasteiger partial charge is 0.451 e. The van der Waals surface area contributed by atoms with Gasteiger partial charge in [-0.1, -0.05) is 32.0 Å². The molecule has 1 aliphatic rings. The minimum Gasteiger partial charge on any atom is -0.451 e. The van der Waals surface area contributed by atoms with Crippen LogP contribution in [0.5, 0.6) is 0 Å². The summed E-state index contributed by atoms with van der Waals surface area (Å²) in [5.41, 5.74) is 0.888. The first kappa shape index (κ1) is 18.2. The van der Waals surface area contributed by atoms with Gasteiger partial charge in [-0.05, 0) is 37.3 Å². The first-order valence-corrected chi connectivity index (χ1v) is 8.91. The third-order valence-electron chi connectivity index (χ3n) is 4.56. The van der Waals surface area contributed by atoms with E-state index >= 15 is 0 Å². The molecule has 26 heavy (non-hydrogen) atoms. The van der Waals surface area contributed by atoms with Gasteiger partial charge < -0.3 is 14.1 Å². The maximum atomic E-state index is 12.3. The van der Waals surface area contributed by atoms with E-state index in [1.54, 1.807) is 11.8 Å². The van der Waals surface area contributed by atoms with Gasteiger partial charge in [-0.25, -0.2) is 9.78 Å². The van der Waals surface area contributed by atoms with Crippen LogP contribution in [0.3, 0.4) is 0 Å². The van der Waals surface area contributed by atoms with Crippen molar-refractivity contribution < 1.29 is 18.7 Å². The second-order valence-electron chi connectivity index (χ2n) is 7.11. The molecule has 2 heterocycles. The summed E-state index contributed by atoms with van der Waals surface area (Å²) in [6, 6.07) is 9.33. The van der Waals surface area contributed by atoms with Gasteiger partial charge in [-0.15, -0.1) is 0 Å². The highest BCUT2D eigenvalue weighted by Crippen LogP contribution is 2.23. The number of aryl methyl sites for hydroxylation is 1. The Morgan fingerprint density at radius 1 is 1.19 bits per heavy atom. The summed E-state index contributed by atoms with van der Waals surface area (Å²) < 4.78 is 10.8. The summed E-state index contributed by atoms with van der Waals surface area (Å²) in [6.45, 7) is 7.07. The fourth-order valence-electron chi connectivity index (χ4n) is 3.44. The van der Waals surface area contributed by atoms with Gasteiger partial charge in [0.2, 0.25) is 5.89 Å². The zero-order chi connectivity index (χ0) is 18.7. The Labute approximate surface area is 153 Å². The summed E-state index contributed by atoms with van der Waals surface area (Å²) >= 11 is 0. The molecule has 1 amide bonds. The average molecular weight is 356 g/mol. The summed E-state index contributed by atoms with van der Waals surface area (Å²) in [7, 11) is 0. The van der Waals surface area contributed by atoms with Gasteiger partial charge in [-0.2, -0.15) is 0 Å². The third kappa shape index (κ3) is 4.12. The second kappa shape index (κ2) is 7.72. The molecule has 0 saturated carbocycles. The van der Waals surface area contributed by atoms with E-state index in [0.29, 0.717) is 36.6 Å². The molecular formula is C20H24N2O4. The minimum absolute atomic E-state index is 0.108. The molecule has 1 fully saturated rings. The topological polar surface area (TPSA) is 72.6 Å². The van der Waals surface area contributed by atoms with Crippen molar-refractivity contribution in [3.8, 4) is 11.5 Å². The molecule has 2 aromatic rings. The number of benzene rings is 1. The van der Waals surface area contributed by atoms with Gasteiger partial charge in [0.15, 0.2) is 12.3 Å². The van der Waals surface area contributed by atoms with Gasteiger partial charge in [-0.3, -0.25) is 4.79 Å².